The van der Waals surface area contributed by atoms with Crippen molar-refractivity contribution in [2.24, 2.45) is 17.1 Å². The maximum Gasteiger partial charge on any atom is 0.0131 e. The van der Waals surface area contributed by atoms with Crippen LogP contribution >= 0.6 is 0 Å². The van der Waals surface area contributed by atoms with Gasteiger partial charge in [-0.2, -0.15) is 0 Å². The van der Waals surface area contributed by atoms with Crippen LogP contribution in [0.2, 0.25) is 0 Å². The molecule has 1 aliphatic heterocycles. The normalized spacial score (nSPS) is 33.3. The summed E-state index contributed by atoms with van der Waals surface area (Å²) in [7, 11) is 0. The largest absolute Gasteiger partial charge is 0.327 e. The Morgan fingerprint density at radius 2 is 1.70 bits per heavy atom. The molecule has 0 aromatic rings. The Morgan fingerprint density at radius 3 is 2.25 bits per heavy atom. The topological polar surface area (TPSA) is 32.5 Å². The van der Waals surface area contributed by atoms with Gasteiger partial charge >= 0.3 is 0 Å². The van der Waals surface area contributed by atoms with Crippen molar-refractivity contribution >= 4 is 0 Å². The molecule has 2 N–H and O–H groups in total. The summed E-state index contributed by atoms with van der Waals surface area (Å²) >= 11 is 0. The van der Waals surface area contributed by atoms with Crippen molar-refractivity contribution in [2.75, 3.05) is 32.7 Å². The van der Waals surface area contributed by atoms with Gasteiger partial charge in [0.15, 0.2) is 0 Å². The average Bonchev–Trinajstić information content (AvgIpc) is 2.34. The minimum absolute atomic E-state index is 0.315. The second-order valence-corrected chi connectivity index (χ2v) is 8.63. The third-order valence-corrected chi connectivity index (χ3v) is 5.62. The molecule has 118 valence electrons. The first kappa shape index (κ1) is 16.3. The van der Waals surface area contributed by atoms with Crippen LogP contribution in [0.1, 0.15) is 53.9 Å². The highest BCUT2D eigenvalue weighted by Crippen LogP contribution is 2.38. The molecule has 2 rings (SSSR count). The molecule has 0 amide bonds. The molecule has 2 atom stereocenters. The van der Waals surface area contributed by atoms with Crippen molar-refractivity contribution in [1.82, 2.24) is 9.80 Å². The Hall–Kier alpha value is -0.120. The highest BCUT2D eigenvalue weighted by molar-refractivity contribution is 4.93. The highest BCUT2D eigenvalue weighted by atomic mass is 15.3. The van der Waals surface area contributed by atoms with Gasteiger partial charge in [-0.15, -0.1) is 0 Å². The number of hydrogen-bond donors (Lipinski definition) is 1. The van der Waals surface area contributed by atoms with E-state index in [1.807, 2.05) is 0 Å². The van der Waals surface area contributed by atoms with E-state index in [4.69, 9.17) is 5.73 Å². The van der Waals surface area contributed by atoms with E-state index in [9.17, 15) is 0 Å². The van der Waals surface area contributed by atoms with Crippen molar-refractivity contribution in [2.45, 2.75) is 65.5 Å². The lowest BCUT2D eigenvalue weighted by atomic mass is 9.68. The van der Waals surface area contributed by atoms with Crippen LogP contribution in [0.3, 0.4) is 0 Å². The Kier molecular flexibility index (Phi) is 4.83. The van der Waals surface area contributed by atoms with E-state index in [0.29, 0.717) is 22.9 Å². The van der Waals surface area contributed by atoms with Gasteiger partial charge in [0.05, 0.1) is 0 Å². The van der Waals surface area contributed by atoms with Crippen LogP contribution in [0.5, 0.6) is 0 Å². The molecule has 0 bridgehead atoms. The van der Waals surface area contributed by atoms with Crippen LogP contribution in [0, 0.1) is 11.3 Å². The lowest BCUT2D eigenvalue weighted by Crippen LogP contribution is -2.56. The second-order valence-electron chi connectivity index (χ2n) is 8.63. The Labute approximate surface area is 125 Å². The van der Waals surface area contributed by atoms with E-state index in [1.165, 1.54) is 52.0 Å². The van der Waals surface area contributed by atoms with Crippen molar-refractivity contribution in [1.29, 1.82) is 0 Å². The molecule has 2 fully saturated rings. The summed E-state index contributed by atoms with van der Waals surface area (Å²) in [5.74, 6) is 0.694. The predicted octanol–water partition coefficient (Wildman–Crippen LogP) is 2.56. The molecule has 20 heavy (non-hydrogen) atoms. The third-order valence-electron chi connectivity index (χ3n) is 5.62. The molecule has 1 heterocycles. The minimum atomic E-state index is 0.315. The van der Waals surface area contributed by atoms with Gasteiger partial charge in [0, 0.05) is 44.3 Å². The Bertz CT molecular complexity index is 311. The average molecular weight is 281 g/mol. The first-order chi connectivity index (χ1) is 9.20. The van der Waals surface area contributed by atoms with E-state index in [0.717, 1.165) is 0 Å². The standard InChI is InChI=1S/C17H35N3/c1-16(2,3)20-11-9-19(10-12-20)13-14-7-6-8-17(4,5)15(14)18/h14-15H,6-13,18H2,1-5H3. The maximum absolute atomic E-state index is 6.53. The molecule has 2 unspecified atom stereocenters. The molecule has 0 spiro atoms. The van der Waals surface area contributed by atoms with Crippen LogP contribution in [0.15, 0.2) is 0 Å². The van der Waals surface area contributed by atoms with E-state index in [1.54, 1.807) is 0 Å². The highest BCUT2D eigenvalue weighted by Gasteiger charge is 2.37. The summed E-state index contributed by atoms with van der Waals surface area (Å²) in [5.41, 5.74) is 7.18. The summed E-state index contributed by atoms with van der Waals surface area (Å²) in [6.07, 6.45) is 3.97. The van der Waals surface area contributed by atoms with E-state index in [2.05, 4.69) is 44.4 Å². The van der Waals surface area contributed by atoms with Crippen molar-refractivity contribution in [3.8, 4) is 0 Å². The Morgan fingerprint density at radius 1 is 1.10 bits per heavy atom. The maximum atomic E-state index is 6.53. The number of nitrogens with two attached hydrogens (primary N) is 1. The molecule has 0 radical (unpaired) electrons. The molecule has 3 nitrogen and oxygen atoms in total. The zero-order valence-electron chi connectivity index (χ0n) is 14.3. The molecule has 3 heteroatoms. The van der Waals surface area contributed by atoms with Crippen LogP contribution in [0.25, 0.3) is 0 Å². The molecule has 1 saturated carbocycles. The smallest absolute Gasteiger partial charge is 0.0131 e. The van der Waals surface area contributed by atoms with Gasteiger partial charge in [0.1, 0.15) is 0 Å². The van der Waals surface area contributed by atoms with E-state index >= 15 is 0 Å². The lowest BCUT2D eigenvalue weighted by Gasteiger charge is -2.46. The number of piperazine rings is 1. The molecule has 1 aliphatic carbocycles. The zero-order valence-corrected chi connectivity index (χ0v) is 14.3. The first-order valence-corrected chi connectivity index (χ1v) is 8.43. The summed E-state index contributed by atoms with van der Waals surface area (Å²) in [6, 6.07) is 0.372. The van der Waals surface area contributed by atoms with E-state index in [-0.39, 0.29) is 0 Å². The predicted molar refractivity (Wildman–Crippen MR) is 86.9 cm³/mol. The number of rotatable bonds is 2. The quantitative estimate of drug-likeness (QED) is 0.844. The van der Waals surface area contributed by atoms with Gasteiger partial charge in [-0.3, -0.25) is 4.90 Å². The third kappa shape index (κ3) is 3.75. The molecule has 0 aromatic heterocycles. The van der Waals surface area contributed by atoms with Gasteiger partial charge in [0.25, 0.3) is 0 Å². The Balaban J connectivity index is 1.84. The molecular formula is C17H35N3. The van der Waals surface area contributed by atoms with Crippen molar-refractivity contribution in [3.05, 3.63) is 0 Å². The van der Waals surface area contributed by atoms with Gasteiger partial charge < -0.3 is 10.6 Å². The SMILES string of the molecule is CC1(C)CCCC(CN2CCN(C(C)(C)C)CC2)C1N. The monoisotopic (exact) mass is 281 g/mol. The van der Waals surface area contributed by atoms with Gasteiger partial charge in [0.2, 0.25) is 0 Å². The summed E-state index contributed by atoms with van der Waals surface area (Å²) in [5, 5.41) is 0. The van der Waals surface area contributed by atoms with Crippen LogP contribution < -0.4 is 5.73 Å². The fourth-order valence-electron chi connectivity index (χ4n) is 3.94. The second kappa shape index (κ2) is 5.94. The van der Waals surface area contributed by atoms with Crippen LogP contribution in [-0.2, 0) is 0 Å². The molecule has 0 aromatic carbocycles. The van der Waals surface area contributed by atoms with Gasteiger partial charge in [-0.05, 0) is 44.9 Å². The summed E-state index contributed by atoms with van der Waals surface area (Å²) in [6.45, 7) is 17.7. The minimum Gasteiger partial charge on any atom is -0.327 e. The van der Waals surface area contributed by atoms with Crippen molar-refractivity contribution < 1.29 is 0 Å². The van der Waals surface area contributed by atoms with Crippen LogP contribution in [0.4, 0.5) is 0 Å². The van der Waals surface area contributed by atoms with Crippen molar-refractivity contribution in [3.63, 3.8) is 0 Å². The summed E-state index contributed by atoms with van der Waals surface area (Å²) in [4.78, 5) is 5.25. The fraction of sp³-hybridized carbons (Fsp3) is 1.00. The van der Waals surface area contributed by atoms with Crippen LogP contribution in [-0.4, -0.2) is 54.1 Å². The lowest BCUT2D eigenvalue weighted by molar-refractivity contribution is 0.0384. The zero-order chi connectivity index (χ0) is 15.0. The number of nitrogens with zero attached hydrogens (tertiary/aromatic N) is 2. The van der Waals surface area contributed by atoms with Gasteiger partial charge in [-0.1, -0.05) is 20.3 Å². The fourth-order valence-corrected chi connectivity index (χ4v) is 3.94. The molecule has 2 aliphatic rings. The molecular weight excluding hydrogens is 246 g/mol. The number of hydrogen-bond acceptors (Lipinski definition) is 3. The summed E-state index contributed by atoms with van der Waals surface area (Å²) < 4.78 is 0. The van der Waals surface area contributed by atoms with Gasteiger partial charge in [-0.25, -0.2) is 0 Å². The first-order valence-electron chi connectivity index (χ1n) is 8.43. The van der Waals surface area contributed by atoms with E-state index < -0.39 is 0 Å². The molecule has 1 saturated heterocycles.